The Morgan fingerprint density at radius 2 is 1.73 bits per heavy atom. The Kier molecular flexibility index (Phi) is 4.48. The van der Waals surface area contributed by atoms with Gasteiger partial charge in [-0.2, -0.15) is 0 Å². The lowest BCUT2D eigenvalue weighted by Crippen LogP contribution is -1.78. The summed E-state index contributed by atoms with van der Waals surface area (Å²) in [7, 11) is 0. The Labute approximate surface area is 172 Å². The molecule has 0 radical (unpaired) electrons. The van der Waals surface area contributed by atoms with E-state index in [1.54, 1.807) is 18.3 Å². The van der Waals surface area contributed by atoms with Crippen molar-refractivity contribution in [3.8, 4) is 22.8 Å². The normalized spacial score (nSPS) is 11.5. The van der Waals surface area contributed by atoms with Crippen LogP contribution in [0.5, 0.6) is 0 Å². The van der Waals surface area contributed by atoms with Crippen molar-refractivity contribution in [3.05, 3.63) is 96.0 Å². The van der Waals surface area contributed by atoms with Gasteiger partial charge >= 0.3 is 0 Å². The third-order valence-corrected chi connectivity index (χ3v) is 4.73. The summed E-state index contributed by atoms with van der Waals surface area (Å²) in [5.74, 6) is 1.55. The maximum Gasteiger partial charge on any atom is 0.227 e. The zero-order chi connectivity index (χ0) is 20.5. The van der Waals surface area contributed by atoms with Crippen LogP contribution in [-0.4, -0.2) is 11.2 Å². The van der Waals surface area contributed by atoms with Gasteiger partial charge < -0.3 is 8.83 Å². The number of furan rings is 1. The first-order chi connectivity index (χ1) is 14.6. The molecule has 3 aromatic carbocycles. The minimum atomic E-state index is -0.277. The van der Waals surface area contributed by atoms with Gasteiger partial charge in [-0.1, -0.05) is 12.1 Å². The number of halogens is 1. The van der Waals surface area contributed by atoms with Crippen molar-refractivity contribution in [1.82, 2.24) is 4.98 Å². The fourth-order valence-electron chi connectivity index (χ4n) is 3.20. The average molecular weight is 396 g/mol. The van der Waals surface area contributed by atoms with E-state index >= 15 is 0 Å². The lowest BCUT2D eigenvalue weighted by Gasteiger charge is -1.98. The van der Waals surface area contributed by atoms with E-state index < -0.39 is 0 Å². The van der Waals surface area contributed by atoms with Crippen molar-refractivity contribution < 1.29 is 13.2 Å². The highest BCUT2D eigenvalue weighted by Crippen LogP contribution is 2.28. The van der Waals surface area contributed by atoms with Gasteiger partial charge in [-0.25, -0.2) is 9.37 Å². The largest absolute Gasteiger partial charge is 0.455 e. The molecule has 0 aliphatic heterocycles. The summed E-state index contributed by atoms with van der Waals surface area (Å²) in [5.41, 5.74) is 5.14. The molecule has 0 saturated carbocycles. The molecular weight excluding hydrogens is 379 g/mol. The summed E-state index contributed by atoms with van der Waals surface area (Å²) in [6, 6.07) is 23.5. The second-order valence-electron chi connectivity index (χ2n) is 7.01. The number of nitrogens with zero attached hydrogens (tertiary/aromatic N) is 2. The van der Waals surface area contributed by atoms with Crippen LogP contribution in [0.15, 0.2) is 92.7 Å². The molecule has 0 aliphatic carbocycles. The number of fused-ring (bicyclic) bond motifs is 1. The van der Waals surface area contributed by atoms with Crippen LogP contribution in [-0.2, 0) is 0 Å². The summed E-state index contributed by atoms with van der Waals surface area (Å²) in [4.78, 5) is 9.07. The van der Waals surface area contributed by atoms with E-state index in [-0.39, 0.29) is 5.82 Å². The van der Waals surface area contributed by atoms with Crippen LogP contribution in [0.4, 0.5) is 10.1 Å². The molecule has 0 N–H and O–H groups in total. The van der Waals surface area contributed by atoms with Crippen molar-refractivity contribution in [2.24, 2.45) is 4.99 Å². The van der Waals surface area contributed by atoms with Crippen molar-refractivity contribution in [3.63, 3.8) is 0 Å². The minimum absolute atomic E-state index is 0.277. The topological polar surface area (TPSA) is 51.5 Å². The molecule has 0 bridgehead atoms. The van der Waals surface area contributed by atoms with Gasteiger partial charge in [0.1, 0.15) is 22.9 Å². The monoisotopic (exact) mass is 396 g/mol. The van der Waals surface area contributed by atoms with E-state index in [0.29, 0.717) is 17.4 Å². The number of aryl methyl sites for hydroxylation is 1. The van der Waals surface area contributed by atoms with E-state index in [1.807, 2.05) is 61.5 Å². The van der Waals surface area contributed by atoms with Crippen LogP contribution >= 0.6 is 0 Å². The van der Waals surface area contributed by atoms with Crippen LogP contribution in [0.3, 0.4) is 0 Å². The molecular formula is C25H17FN2O2. The predicted octanol–water partition coefficient (Wildman–Crippen LogP) is 6.95. The van der Waals surface area contributed by atoms with Crippen LogP contribution in [0.25, 0.3) is 33.9 Å². The minimum Gasteiger partial charge on any atom is -0.455 e. The van der Waals surface area contributed by atoms with Gasteiger partial charge in [-0.15, -0.1) is 0 Å². The first-order valence-corrected chi connectivity index (χ1v) is 9.51. The highest BCUT2D eigenvalue weighted by Gasteiger charge is 2.09. The maximum atomic E-state index is 13.1. The number of benzene rings is 3. The third-order valence-electron chi connectivity index (χ3n) is 4.73. The highest BCUT2D eigenvalue weighted by molar-refractivity contribution is 5.81. The second-order valence-corrected chi connectivity index (χ2v) is 7.01. The standard InChI is InChI=1S/C25H17FN2O2/c1-16-5-11-22-24(13-16)30-25(28-22)18-3-2-4-20(14-18)27-15-21-10-12-23(29-21)17-6-8-19(26)9-7-17/h2-15H,1H3. The molecule has 0 atom stereocenters. The molecule has 30 heavy (non-hydrogen) atoms. The van der Waals surface area contributed by atoms with Crippen molar-refractivity contribution in [1.29, 1.82) is 0 Å². The fourth-order valence-corrected chi connectivity index (χ4v) is 3.20. The Hall–Kier alpha value is -3.99. The predicted molar refractivity (Wildman–Crippen MR) is 116 cm³/mol. The Morgan fingerprint density at radius 3 is 2.60 bits per heavy atom. The smallest absolute Gasteiger partial charge is 0.227 e. The summed E-state index contributed by atoms with van der Waals surface area (Å²) >= 11 is 0. The van der Waals surface area contributed by atoms with Crippen molar-refractivity contribution >= 4 is 23.0 Å². The van der Waals surface area contributed by atoms with Gasteiger partial charge in [0.25, 0.3) is 0 Å². The maximum absolute atomic E-state index is 13.1. The number of hydrogen-bond acceptors (Lipinski definition) is 4. The summed E-state index contributed by atoms with van der Waals surface area (Å²) in [6.07, 6.45) is 1.65. The van der Waals surface area contributed by atoms with Crippen LogP contribution in [0.2, 0.25) is 0 Å². The molecule has 146 valence electrons. The molecule has 4 nitrogen and oxygen atoms in total. The molecule has 5 rings (SSSR count). The molecule has 0 spiro atoms. The molecule has 2 aromatic heterocycles. The number of aliphatic imine (C=N–C) groups is 1. The first-order valence-electron chi connectivity index (χ1n) is 9.51. The fraction of sp³-hybridized carbons (Fsp3) is 0.0400. The second kappa shape index (κ2) is 7.44. The number of hydrogen-bond donors (Lipinski definition) is 0. The molecule has 5 aromatic rings. The van der Waals surface area contributed by atoms with Gasteiger partial charge in [-0.05, 0) is 79.2 Å². The SMILES string of the molecule is Cc1ccc2nc(-c3cccc(N=Cc4ccc(-c5ccc(F)cc5)o4)c3)oc2c1. The summed E-state index contributed by atoms with van der Waals surface area (Å²) in [5, 5.41) is 0. The zero-order valence-electron chi connectivity index (χ0n) is 16.2. The summed E-state index contributed by atoms with van der Waals surface area (Å²) < 4.78 is 24.8. The first kappa shape index (κ1) is 18.1. The lowest BCUT2D eigenvalue weighted by atomic mass is 10.2. The summed E-state index contributed by atoms with van der Waals surface area (Å²) in [6.45, 7) is 2.02. The van der Waals surface area contributed by atoms with Crippen molar-refractivity contribution in [2.75, 3.05) is 0 Å². The highest BCUT2D eigenvalue weighted by atomic mass is 19.1. The molecule has 0 aliphatic rings. The van der Waals surface area contributed by atoms with E-state index in [9.17, 15) is 4.39 Å². The van der Waals surface area contributed by atoms with Crippen LogP contribution in [0.1, 0.15) is 11.3 Å². The molecule has 2 heterocycles. The van der Waals surface area contributed by atoms with Gasteiger partial charge in [0.15, 0.2) is 5.58 Å². The third kappa shape index (κ3) is 3.65. The molecule has 0 amide bonds. The zero-order valence-corrected chi connectivity index (χ0v) is 16.2. The van der Waals surface area contributed by atoms with Crippen LogP contribution < -0.4 is 0 Å². The molecule has 0 saturated heterocycles. The average Bonchev–Trinajstić information content (AvgIpc) is 3.40. The number of rotatable bonds is 4. The van der Waals surface area contributed by atoms with Gasteiger partial charge in [0.05, 0.1) is 11.9 Å². The Balaban J connectivity index is 1.39. The van der Waals surface area contributed by atoms with Gasteiger partial charge in [-0.3, -0.25) is 4.99 Å². The molecule has 0 unspecified atom stereocenters. The van der Waals surface area contributed by atoms with E-state index in [0.717, 1.165) is 33.5 Å². The molecule has 0 fully saturated rings. The van der Waals surface area contributed by atoms with E-state index in [2.05, 4.69) is 9.98 Å². The van der Waals surface area contributed by atoms with Crippen LogP contribution in [0, 0.1) is 12.7 Å². The quantitative estimate of drug-likeness (QED) is 0.309. The van der Waals surface area contributed by atoms with Crippen molar-refractivity contribution in [2.45, 2.75) is 6.92 Å². The molecule has 5 heteroatoms. The Bertz CT molecular complexity index is 1360. The van der Waals surface area contributed by atoms with Gasteiger partial charge in [0.2, 0.25) is 5.89 Å². The lowest BCUT2D eigenvalue weighted by molar-refractivity contribution is 0.574. The van der Waals surface area contributed by atoms with E-state index in [1.165, 1.54) is 12.1 Å². The van der Waals surface area contributed by atoms with E-state index in [4.69, 9.17) is 8.83 Å². The van der Waals surface area contributed by atoms with Gasteiger partial charge in [0, 0.05) is 11.1 Å². The Morgan fingerprint density at radius 1 is 0.867 bits per heavy atom. The number of oxazole rings is 1. The number of aromatic nitrogens is 1.